The lowest BCUT2D eigenvalue weighted by Crippen LogP contribution is -2.67. The van der Waals surface area contributed by atoms with Gasteiger partial charge in [-0.25, -0.2) is 9.18 Å². The van der Waals surface area contributed by atoms with Gasteiger partial charge in [0.25, 0.3) is 0 Å². The van der Waals surface area contributed by atoms with E-state index in [1.54, 1.807) is 84.9 Å². The summed E-state index contributed by atoms with van der Waals surface area (Å²) in [5, 5.41) is 24.1. The number of hydrogen-bond acceptors (Lipinski definition) is 7. The molecule has 0 radical (unpaired) electrons. The van der Waals surface area contributed by atoms with Crippen LogP contribution < -0.4 is 20.8 Å². The lowest BCUT2D eigenvalue weighted by atomic mass is 9.58. The van der Waals surface area contributed by atoms with Gasteiger partial charge in [-0.2, -0.15) is 10.5 Å². The van der Waals surface area contributed by atoms with E-state index in [-0.39, 0.29) is 23.1 Å². The van der Waals surface area contributed by atoms with Crippen LogP contribution >= 0.6 is 6.89 Å². The number of anilines is 1. The smallest absolute Gasteiger partial charge is 0.344 e. The molecule has 5 aromatic rings. The number of hydrogen-bond donors (Lipinski definition) is 0. The Morgan fingerprint density at radius 2 is 1.23 bits per heavy atom. The van der Waals surface area contributed by atoms with Crippen molar-refractivity contribution in [1.29, 1.82) is 10.5 Å². The summed E-state index contributed by atoms with van der Waals surface area (Å²) in [7, 11) is 2.23. The Bertz CT molecular complexity index is 2260. The number of fused-ring (bicyclic) bond motifs is 2. The minimum absolute atomic E-state index is 0.0895. The zero-order valence-corrected chi connectivity index (χ0v) is 29.1. The standard InChI is InChI=1S/C42H31FN3O5P/c1-50-39(49)42(51-2)37(52(31-17-9-4-10-18-31,32-19-11-5-12-20-32)33-21-13-6-14-22-33)36(47)40(27-44,28-45)41(42)34-25-30(43)23-24-35(34)46(38(41)48)26-29-15-7-3-8-16-29/h3-25H,26H2,1-2H3. The summed E-state index contributed by atoms with van der Waals surface area (Å²) >= 11 is 0. The van der Waals surface area contributed by atoms with Crippen LogP contribution in [0.1, 0.15) is 11.1 Å². The van der Waals surface area contributed by atoms with Crippen LogP contribution in [0.15, 0.2) is 140 Å². The topological polar surface area (TPSA) is 120 Å². The Kier molecular flexibility index (Phi) is 8.51. The summed E-state index contributed by atoms with van der Waals surface area (Å²) in [5.41, 5.74) is -7.91. The van der Waals surface area contributed by atoms with Crippen LogP contribution in [0.4, 0.5) is 10.1 Å². The molecule has 1 fully saturated rings. The Morgan fingerprint density at radius 1 is 0.750 bits per heavy atom. The molecule has 0 aromatic heterocycles. The number of esters is 1. The van der Waals surface area contributed by atoms with E-state index in [1.165, 1.54) is 11.0 Å². The lowest BCUT2D eigenvalue weighted by molar-refractivity contribution is -0.169. The summed E-state index contributed by atoms with van der Waals surface area (Å²) in [4.78, 5) is 48.0. The maximum atomic E-state index is 15.9. The van der Waals surface area contributed by atoms with Crippen molar-refractivity contribution in [2.45, 2.75) is 17.6 Å². The number of halogens is 1. The first kappa shape index (κ1) is 34.3. The molecule has 52 heavy (non-hydrogen) atoms. The van der Waals surface area contributed by atoms with Crippen LogP contribution in [-0.4, -0.2) is 42.8 Å². The van der Waals surface area contributed by atoms with Gasteiger partial charge in [-0.15, -0.1) is 0 Å². The number of carbonyl (C=O) groups is 3. The van der Waals surface area contributed by atoms with Gasteiger partial charge in [0.05, 0.1) is 31.1 Å². The van der Waals surface area contributed by atoms with Gasteiger partial charge in [0.15, 0.2) is 11.2 Å². The van der Waals surface area contributed by atoms with E-state index < -0.39 is 46.8 Å². The van der Waals surface area contributed by atoms with E-state index in [9.17, 15) is 10.5 Å². The molecule has 0 N–H and O–H groups in total. The maximum absolute atomic E-state index is 15.9. The molecular weight excluding hydrogens is 676 g/mol. The average Bonchev–Trinajstić information content (AvgIpc) is 3.55. The SMILES string of the molecule is COC(=O)C1(OC)C(=P(c2ccccc2)(c2ccccc2)c2ccccc2)C(=O)C(C#N)(C#N)C12C(=O)N(Cc1ccccc1)c1ccc(F)cc12. The highest BCUT2D eigenvalue weighted by atomic mass is 31.2. The predicted octanol–water partition coefficient (Wildman–Crippen LogP) is 4.95. The third-order valence-corrected chi connectivity index (χ3v) is 14.7. The zero-order chi connectivity index (χ0) is 36.7. The minimum atomic E-state index is -3.71. The molecule has 1 spiro atoms. The van der Waals surface area contributed by atoms with Crippen LogP contribution in [-0.2, 0) is 35.8 Å². The van der Waals surface area contributed by atoms with Gasteiger partial charge < -0.3 is 14.4 Å². The number of carbonyl (C=O) groups excluding carboxylic acids is 3. The number of benzene rings is 5. The molecule has 1 saturated carbocycles. The van der Waals surface area contributed by atoms with Crippen molar-refractivity contribution in [2.75, 3.05) is 19.1 Å². The molecular formula is C42H31FN3O5P. The van der Waals surface area contributed by atoms with Crippen LogP contribution in [0, 0.1) is 33.9 Å². The summed E-state index contributed by atoms with van der Waals surface area (Å²) < 4.78 is 27.6. The van der Waals surface area contributed by atoms with Crippen molar-refractivity contribution in [2.24, 2.45) is 5.41 Å². The fourth-order valence-electron chi connectivity index (χ4n) is 8.24. The summed E-state index contributed by atoms with van der Waals surface area (Å²) in [6.07, 6.45) is 0. The van der Waals surface area contributed by atoms with Gasteiger partial charge in [-0.1, -0.05) is 121 Å². The third-order valence-electron chi connectivity index (χ3n) is 10.3. The van der Waals surface area contributed by atoms with Crippen molar-refractivity contribution >= 4 is 51.4 Å². The number of nitriles is 2. The molecule has 0 bridgehead atoms. The maximum Gasteiger partial charge on any atom is 0.344 e. The molecule has 5 aromatic carbocycles. The van der Waals surface area contributed by atoms with Crippen molar-refractivity contribution in [3.05, 3.63) is 156 Å². The predicted molar refractivity (Wildman–Crippen MR) is 196 cm³/mol. The van der Waals surface area contributed by atoms with Gasteiger partial charge >= 0.3 is 5.97 Å². The van der Waals surface area contributed by atoms with Gasteiger partial charge in [0.2, 0.25) is 16.9 Å². The monoisotopic (exact) mass is 707 g/mol. The lowest BCUT2D eigenvalue weighted by Gasteiger charge is -2.44. The highest BCUT2D eigenvalue weighted by molar-refractivity contribution is 7.96. The third kappa shape index (κ3) is 4.24. The number of methoxy groups -OCH3 is 2. The van der Waals surface area contributed by atoms with Crippen LogP contribution in [0.5, 0.6) is 0 Å². The highest BCUT2D eigenvalue weighted by Gasteiger charge is 2.87. The van der Waals surface area contributed by atoms with Crippen LogP contribution in [0.2, 0.25) is 0 Å². The van der Waals surface area contributed by atoms with E-state index >= 15 is 18.8 Å². The van der Waals surface area contributed by atoms with E-state index in [0.717, 1.165) is 26.4 Å². The molecule has 256 valence electrons. The van der Waals surface area contributed by atoms with E-state index in [2.05, 4.69) is 0 Å². The second kappa shape index (κ2) is 12.9. The number of Topliss-reactive ketones (excluding diaryl/α,β-unsaturated/α-hetero) is 1. The molecule has 1 aliphatic carbocycles. The molecule has 2 aliphatic rings. The van der Waals surface area contributed by atoms with Gasteiger partial charge in [0, 0.05) is 18.4 Å². The largest absolute Gasteiger partial charge is 0.467 e. The van der Waals surface area contributed by atoms with E-state index in [1.807, 2.05) is 48.5 Å². The second-order valence-electron chi connectivity index (χ2n) is 12.5. The summed E-state index contributed by atoms with van der Waals surface area (Å²) in [6, 6.07) is 43.3. The molecule has 0 saturated heterocycles. The number of ketones is 1. The molecule has 10 heteroatoms. The number of nitrogens with zero attached hydrogens (tertiary/aromatic N) is 3. The zero-order valence-electron chi connectivity index (χ0n) is 28.2. The van der Waals surface area contributed by atoms with Crippen molar-refractivity contribution < 1.29 is 28.2 Å². The van der Waals surface area contributed by atoms with Gasteiger partial charge in [-0.3, -0.25) is 9.59 Å². The number of rotatable bonds is 7. The van der Waals surface area contributed by atoms with Crippen molar-refractivity contribution in [1.82, 2.24) is 0 Å². The number of amides is 1. The molecule has 8 nitrogen and oxygen atoms in total. The molecule has 1 aliphatic heterocycles. The molecule has 2 unspecified atom stereocenters. The Labute approximate surface area is 300 Å². The number of ether oxygens (including phenoxy) is 2. The molecule has 1 heterocycles. The van der Waals surface area contributed by atoms with E-state index in [0.29, 0.717) is 21.5 Å². The Balaban J connectivity index is 1.80. The second-order valence-corrected chi connectivity index (χ2v) is 15.8. The summed E-state index contributed by atoms with van der Waals surface area (Å²) in [6.45, 7) is -3.80. The fourth-order valence-corrected chi connectivity index (χ4v) is 13.1. The first-order chi connectivity index (χ1) is 25.3. The van der Waals surface area contributed by atoms with Gasteiger partial charge in [-0.05, 0) is 46.6 Å². The first-order valence-electron chi connectivity index (χ1n) is 16.4. The van der Waals surface area contributed by atoms with Crippen molar-refractivity contribution in [3.63, 3.8) is 0 Å². The molecule has 2 atom stereocenters. The van der Waals surface area contributed by atoms with Crippen LogP contribution in [0.3, 0.4) is 0 Å². The minimum Gasteiger partial charge on any atom is -0.467 e. The van der Waals surface area contributed by atoms with Crippen LogP contribution in [0.25, 0.3) is 0 Å². The summed E-state index contributed by atoms with van der Waals surface area (Å²) in [5.74, 6) is -4.05. The van der Waals surface area contributed by atoms with Crippen molar-refractivity contribution in [3.8, 4) is 12.1 Å². The molecule has 1 amide bonds. The fraction of sp³-hybridized carbons (Fsp3) is 0.143. The van der Waals surface area contributed by atoms with Gasteiger partial charge in [0.1, 0.15) is 5.82 Å². The molecule has 7 rings (SSSR count). The average molecular weight is 708 g/mol. The Hall–Kier alpha value is -6.12. The normalized spacial score (nSPS) is 20.3. The van der Waals surface area contributed by atoms with E-state index in [4.69, 9.17) is 9.47 Å². The first-order valence-corrected chi connectivity index (χ1v) is 18.2. The quantitative estimate of drug-likeness (QED) is 0.174. The highest BCUT2D eigenvalue weighted by Crippen LogP contribution is 2.68. The Morgan fingerprint density at radius 3 is 1.67 bits per heavy atom.